The molecule has 0 radical (unpaired) electrons. The second-order valence-electron chi connectivity index (χ2n) is 9.92. The largest absolute Gasteiger partial charge is 0.462 e. The van der Waals surface area contributed by atoms with Crippen molar-refractivity contribution >= 4 is 5.97 Å². The second kappa shape index (κ2) is 9.22. The fourth-order valence-corrected chi connectivity index (χ4v) is 5.87. The van der Waals surface area contributed by atoms with Crippen LogP contribution in [0.2, 0.25) is 0 Å². The van der Waals surface area contributed by atoms with Crippen molar-refractivity contribution in [2.45, 2.75) is 69.5 Å². The molecule has 8 heteroatoms. The maximum Gasteiger partial charge on any atom is 0.310 e. The molecule has 0 bridgehead atoms. The maximum absolute atomic E-state index is 12.6. The number of aliphatic hydroxyl groups excluding tert-OH is 5. The van der Waals surface area contributed by atoms with Crippen molar-refractivity contribution < 1.29 is 35.1 Å². The first-order valence-electron chi connectivity index (χ1n) is 11.0. The van der Waals surface area contributed by atoms with E-state index in [4.69, 9.17) is 9.84 Å². The monoisotopic (exact) mass is 427 g/mol. The molecule has 30 heavy (non-hydrogen) atoms. The van der Waals surface area contributed by atoms with E-state index < -0.39 is 31.0 Å². The number of allylic oxidation sites excluding steroid dienone is 1. The van der Waals surface area contributed by atoms with E-state index in [-0.39, 0.29) is 35.9 Å². The molecule has 0 amide bonds. The van der Waals surface area contributed by atoms with Gasteiger partial charge in [0.1, 0.15) is 24.4 Å². The first kappa shape index (κ1) is 23.6. The average Bonchev–Trinajstić information content (AvgIpc) is 2.98. The third-order valence-corrected chi connectivity index (χ3v) is 7.65. The Labute approximate surface area is 178 Å². The van der Waals surface area contributed by atoms with Crippen LogP contribution in [0.5, 0.6) is 0 Å². The molecular weight excluding hydrogens is 390 g/mol. The van der Waals surface area contributed by atoms with Crippen LogP contribution in [0.15, 0.2) is 12.2 Å². The number of carbonyl (C=O) groups is 1. The van der Waals surface area contributed by atoms with Crippen molar-refractivity contribution in [1.82, 2.24) is 4.90 Å². The molecule has 1 aliphatic heterocycles. The lowest BCUT2D eigenvalue weighted by atomic mass is 9.55. The summed E-state index contributed by atoms with van der Waals surface area (Å²) in [6.07, 6.45) is -1.17. The Balaban J connectivity index is 1.61. The molecule has 3 fully saturated rings. The molecule has 0 spiro atoms. The highest BCUT2D eigenvalue weighted by atomic mass is 16.6. The Bertz CT molecular complexity index is 643. The fraction of sp³-hybridized carbons (Fsp3) is 0.864. The summed E-state index contributed by atoms with van der Waals surface area (Å²) in [5.41, 5.74) is 1.42. The standard InChI is InChI=1S/C22H37NO7/c1-12-5-4-6-22(2)8-18-13(7-15(12)22)14(21(29)30-18)9-23(3)10-16(25)19(27)20(28)17(26)11-24/h13-20,24-28H,1,4-11H2,2-3H3/t13-,14-,15+,16-,17-,18-,19-,20+,22-/m1/s1. The summed E-state index contributed by atoms with van der Waals surface area (Å²) in [5, 5.41) is 48.4. The average molecular weight is 428 g/mol. The second-order valence-corrected chi connectivity index (χ2v) is 9.92. The Morgan fingerprint density at radius 1 is 1.23 bits per heavy atom. The normalized spacial score (nSPS) is 37.9. The van der Waals surface area contributed by atoms with Gasteiger partial charge in [0, 0.05) is 19.0 Å². The number of esters is 1. The summed E-state index contributed by atoms with van der Waals surface area (Å²) < 4.78 is 5.76. The zero-order chi connectivity index (χ0) is 22.2. The van der Waals surface area contributed by atoms with Crippen molar-refractivity contribution in [1.29, 1.82) is 0 Å². The Hall–Kier alpha value is -1.03. The molecule has 0 aromatic rings. The molecule has 172 valence electrons. The van der Waals surface area contributed by atoms with Crippen LogP contribution in [0.1, 0.15) is 39.0 Å². The van der Waals surface area contributed by atoms with Crippen molar-refractivity contribution in [3.63, 3.8) is 0 Å². The molecule has 9 atom stereocenters. The number of hydrogen-bond donors (Lipinski definition) is 5. The fourth-order valence-electron chi connectivity index (χ4n) is 5.87. The van der Waals surface area contributed by atoms with Crippen LogP contribution in [0, 0.1) is 23.2 Å². The molecule has 1 heterocycles. The van der Waals surface area contributed by atoms with Gasteiger partial charge in [-0.2, -0.15) is 0 Å². The van der Waals surface area contributed by atoms with E-state index >= 15 is 0 Å². The van der Waals surface area contributed by atoms with E-state index in [2.05, 4.69) is 13.5 Å². The van der Waals surface area contributed by atoms with Gasteiger partial charge in [0.2, 0.25) is 0 Å². The van der Waals surface area contributed by atoms with Gasteiger partial charge in [-0.1, -0.05) is 19.1 Å². The summed E-state index contributed by atoms with van der Waals surface area (Å²) >= 11 is 0. The van der Waals surface area contributed by atoms with Gasteiger partial charge in [0.25, 0.3) is 0 Å². The molecule has 5 N–H and O–H groups in total. The van der Waals surface area contributed by atoms with Gasteiger partial charge in [-0.25, -0.2) is 0 Å². The number of fused-ring (bicyclic) bond motifs is 2. The number of aliphatic hydroxyl groups is 5. The lowest BCUT2D eigenvalue weighted by Crippen LogP contribution is -2.50. The van der Waals surface area contributed by atoms with Crippen LogP contribution in [-0.2, 0) is 9.53 Å². The van der Waals surface area contributed by atoms with Crippen LogP contribution in [0.4, 0.5) is 0 Å². The number of likely N-dealkylation sites (N-methyl/N-ethyl adjacent to an activating group) is 1. The van der Waals surface area contributed by atoms with E-state index in [1.807, 2.05) is 0 Å². The Morgan fingerprint density at radius 2 is 1.90 bits per heavy atom. The van der Waals surface area contributed by atoms with Crippen molar-refractivity contribution in [2.24, 2.45) is 23.2 Å². The zero-order valence-electron chi connectivity index (χ0n) is 18.0. The number of ether oxygens (including phenoxy) is 1. The summed E-state index contributed by atoms with van der Waals surface area (Å²) in [6.45, 7) is 6.25. The molecule has 2 aliphatic carbocycles. The Kier molecular flexibility index (Phi) is 7.26. The van der Waals surface area contributed by atoms with Crippen LogP contribution < -0.4 is 0 Å². The summed E-state index contributed by atoms with van der Waals surface area (Å²) in [6, 6.07) is 0. The molecule has 3 aliphatic rings. The predicted octanol–water partition coefficient (Wildman–Crippen LogP) is -0.332. The first-order chi connectivity index (χ1) is 14.1. The van der Waals surface area contributed by atoms with Gasteiger partial charge in [0.15, 0.2) is 0 Å². The molecule has 8 nitrogen and oxygen atoms in total. The van der Waals surface area contributed by atoms with Crippen LogP contribution >= 0.6 is 0 Å². The highest BCUT2D eigenvalue weighted by Gasteiger charge is 2.55. The minimum atomic E-state index is -1.66. The topological polar surface area (TPSA) is 131 Å². The van der Waals surface area contributed by atoms with Gasteiger partial charge < -0.3 is 35.2 Å². The summed E-state index contributed by atoms with van der Waals surface area (Å²) in [5.74, 6) is -0.0128. The molecular formula is C22H37NO7. The van der Waals surface area contributed by atoms with Gasteiger partial charge in [0.05, 0.1) is 18.6 Å². The van der Waals surface area contributed by atoms with E-state index in [0.717, 1.165) is 32.1 Å². The number of carbonyl (C=O) groups excluding carboxylic acids is 1. The molecule has 1 saturated heterocycles. The van der Waals surface area contributed by atoms with E-state index in [9.17, 15) is 25.2 Å². The van der Waals surface area contributed by atoms with Crippen LogP contribution in [0.25, 0.3) is 0 Å². The number of rotatable bonds is 8. The number of hydrogen-bond acceptors (Lipinski definition) is 8. The number of nitrogens with zero attached hydrogens (tertiary/aromatic N) is 1. The maximum atomic E-state index is 12.6. The summed E-state index contributed by atoms with van der Waals surface area (Å²) in [7, 11) is 1.73. The lowest BCUT2D eigenvalue weighted by Gasteiger charge is -2.50. The third kappa shape index (κ3) is 4.59. The first-order valence-corrected chi connectivity index (χ1v) is 11.0. The summed E-state index contributed by atoms with van der Waals surface area (Å²) in [4.78, 5) is 14.4. The minimum Gasteiger partial charge on any atom is -0.462 e. The van der Waals surface area contributed by atoms with Crippen molar-refractivity contribution in [2.75, 3.05) is 26.7 Å². The van der Waals surface area contributed by atoms with E-state index in [1.165, 1.54) is 5.57 Å². The van der Waals surface area contributed by atoms with Crippen molar-refractivity contribution in [3.05, 3.63) is 12.2 Å². The third-order valence-electron chi connectivity index (χ3n) is 7.65. The SMILES string of the molecule is C=C1CCC[C@]2(C)C[C@H]3OC(=O)[C@H](CN(C)C[C@@H](O)[C@@H](O)[C@@H](O)[C@H](O)CO)[C@H]3C[C@@H]12. The minimum absolute atomic E-state index is 0.00535. The highest BCUT2D eigenvalue weighted by molar-refractivity contribution is 5.75. The highest BCUT2D eigenvalue weighted by Crippen LogP contribution is 2.56. The lowest BCUT2D eigenvalue weighted by molar-refractivity contribution is -0.146. The zero-order valence-corrected chi connectivity index (χ0v) is 18.0. The quantitative estimate of drug-likeness (QED) is 0.263. The van der Waals surface area contributed by atoms with Gasteiger partial charge >= 0.3 is 5.97 Å². The molecule has 3 rings (SSSR count). The van der Waals surface area contributed by atoms with Crippen molar-refractivity contribution in [3.8, 4) is 0 Å². The van der Waals surface area contributed by atoms with Crippen LogP contribution in [0.3, 0.4) is 0 Å². The molecule has 0 aromatic heterocycles. The van der Waals surface area contributed by atoms with Crippen LogP contribution in [-0.4, -0.2) is 93.7 Å². The molecule has 0 aromatic carbocycles. The van der Waals surface area contributed by atoms with Gasteiger partial charge in [-0.15, -0.1) is 0 Å². The van der Waals surface area contributed by atoms with E-state index in [0.29, 0.717) is 12.5 Å². The smallest absolute Gasteiger partial charge is 0.310 e. The molecule has 2 saturated carbocycles. The van der Waals surface area contributed by atoms with Gasteiger partial charge in [-0.3, -0.25) is 4.79 Å². The van der Waals surface area contributed by atoms with Gasteiger partial charge in [-0.05, 0) is 50.5 Å². The Morgan fingerprint density at radius 3 is 2.57 bits per heavy atom. The van der Waals surface area contributed by atoms with E-state index in [1.54, 1.807) is 11.9 Å². The molecule has 0 unspecified atom stereocenters. The predicted molar refractivity (Wildman–Crippen MR) is 109 cm³/mol.